The van der Waals surface area contributed by atoms with E-state index in [-0.39, 0.29) is 19.6 Å². The second-order valence-electron chi connectivity index (χ2n) is 2.30. The lowest BCUT2D eigenvalue weighted by Crippen LogP contribution is -1.82. The molecule has 0 aliphatic carbocycles. The third kappa shape index (κ3) is 2.63. The van der Waals surface area contributed by atoms with Crippen LogP contribution in [-0.2, 0) is 0 Å². The van der Waals surface area contributed by atoms with Crippen molar-refractivity contribution in [3.8, 4) is 0 Å². The summed E-state index contributed by atoms with van der Waals surface area (Å²) in [6.45, 7) is 0. The predicted molar refractivity (Wildman–Crippen MR) is 66.0 cm³/mol. The van der Waals surface area contributed by atoms with Crippen LogP contribution >= 0.6 is 69.6 Å². The molecule has 14 heavy (non-hydrogen) atoms. The highest BCUT2D eigenvalue weighted by atomic mass is 35.5. The van der Waals surface area contributed by atoms with Crippen molar-refractivity contribution < 1.29 is 0 Å². The van der Waals surface area contributed by atoms with E-state index in [1.165, 1.54) is 0 Å². The fourth-order valence-electron chi connectivity index (χ4n) is 0.797. The van der Waals surface area contributed by atoms with E-state index >= 15 is 0 Å². The highest BCUT2D eigenvalue weighted by Gasteiger charge is 2.12. The maximum atomic E-state index is 5.89. The first-order chi connectivity index (χ1) is 6.45. The third-order valence-corrected chi connectivity index (χ3v) is 3.70. The SMILES string of the molecule is ClC(Cl)=C(Cl)c1ccc(Cl)c(Cl)c1Cl. The van der Waals surface area contributed by atoms with Gasteiger partial charge in [0.15, 0.2) is 0 Å². The Labute approximate surface area is 111 Å². The second kappa shape index (κ2) is 5.16. The topological polar surface area (TPSA) is 0 Å². The molecule has 0 amide bonds. The number of benzene rings is 1. The summed E-state index contributed by atoms with van der Waals surface area (Å²) < 4.78 is -0.0769. The van der Waals surface area contributed by atoms with Gasteiger partial charge in [0, 0.05) is 5.56 Å². The minimum Gasteiger partial charge on any atom is -0.0827 e. The summed E-state index contributed by atoms with van der Waals surface area (Å²) in [6, 6.07) is 3.15. The minimum atomic E-state index is -0.0769. The third-order valence-electron chi connectivity index (χ3n) is 1.44. The Morgan fingerprint density at radius 1 is 0.857 bits per heavy atom. The minimum absolute atomic E-state index is 0.0769. The molecule has 0 aliphatic rings. The highest BCUT2D eigenvalue weighted by Crippen LogP contribution is 2.39. The van der Waals surface area contributed by atoms with Crippen LogP contribution in [0.3, 0.4) is 0 Å². The van der Waals surface area contributed by atoms with Crippen molar-refractivity contribution in [1.82, 2.24) is 0 Å². The lowest BCUT2D eigenvalue weighted by atomic mass is 10.2. The molecule has 1 rings (SSSR count). The molecule has 1 aromatic carbocycles. The van der Waals surface area contributed by atoms with E-state index in [1.807, 2.05) is 0 Å². The van der Waals surface area contributed by atoms with Crippen LogP contribution in [0.25, 0.3) is 5.03 Å². The zero-order valence-corrected chi connectivity index (χ0v) is 11.0. The highest BCUT2D eigenvalue weighted by molar-refractivity contribution is 6.67. The fraction of sp³-hybridized carbons (Fsp3) is 0. The lowest BCUT2D eigenvalue weighted by Gasteiger charge is -2.05. The van der Waals surface area contributed by atoms with Gasteiger partial charge in [0.2, 0.25) is 0 Å². The van der Waals surface area contributed by atoms with Crippen LogP contribution in [0.2, 0.25) is 15.1 Å². The summed E-state index contributed by atoms with van der Waals surface area (Å²) in [6.07, 6.45) is 0. The van der Waals surface area contributed by atoms with Gasteiger partial charge in [-0.25, -0.2) is 0 Å². The molecule has 0 nitrogen and oxygen atoms in total. The molecule has 0 atom stereocenters. The molecule has 0 unspecified atom stereocenters. The number of halogens is 6. The average molecular weight is 311 g/mol. The van der Waals surface area contributed by atoms with E-state index in [2.05, 4.69) is 0 Å². The van der Waals surface area contributed by atoms with E-state index in [1.54, 1.807) is 12.1 Å². The Balaban J connectivity index is 3.39. The van der Waals surface area contributed by atoms with Crippen molar-refractivity contribution in [2.24, 2.45) is 0 Å². The van der Waals surface area contributed by atoms with E-state index in [0.717, 1.165) is 0 Å². The van der Waals surface area contributed by atoms with Crippen LogP contribution in [0.4, 0.5) is 0 Å². The number of rotatable bonds is 1. The Hall–Kier alpha value is 0.700. The summed E-state index contributed by atoms with van der Waals surface area (Å²) in [4.78, 5) is 0. The van der Waals surface area contributed by atoms with Gasteiger partial charge in [0.1, 0.15) is 4.49 Å². The van der Waals surface area contributed by atoms with Crippen LogP contribution < -0.4 is 0 Å². The molecule has 0 aromatic heterocycles. The van der Waals surface area contributed by atoms with Crippen LogP contribution in [0.1, 0.15) is 5.56 Å². The van der Waals surface area contributed by atoms with Gasteiger partial charge in [0.05, 0.1) is 20.1 Å². The van der Waals surface area contributed by atoms with Gasteiger partial charge in [-0.2, -0.15) is 0 Å². The van der Waals surface area contributed by atoms with Crippen molar-refractivity contribution in [3.63, 3.8) is 0 Å². The van der Waals surface area contributed by atoms with Gasteiger partial charge in [-0.1, -0.05) is 75.7 Å². The van der Waals surface area contributed by atoms with Gasteiger partial charge < -0.3 is 0 Å². The van der Waals surface area contributed by atoms with Crippen molar-refractivity contribution in [3.05, 3.63) is 37.3 Å². The van der Waals surface area contributed by atoms with Crippen molar-refractivity contribution >= 4 is 74.6 Å². The van der Waals surface area contributed by atoms with Crippen LogP contribution in [0.5, 0.6) is 0 Å². The summed E-state index contributed by atoms with van der Waals surface area (Å²) in [5.74, 6) is 0. The summed E-state index contributed by atoms with van der Waals surface area (Å²) >= 11 is 34.2. The van der Waals surface area contributed by atoms with Gasteiger partial charge >= 0.3 is 0 Å². The van der Waals surface area contributed by atoms with E-state index in [0.29, 0.717) is 10.6 Å². The largest absolute Gasteiger partial charge is 0.126 e. The van der Waals surface area contributed by atoms with Crippen molar-refractivity contribution in [2.75, 3.05) is 0 Å². The first-order valence-electron chi connectivity index (χ1n) is 3.29. The smallest absolute Gasteiger partial charge is 0.0827 e. The molecule has 0 heterocycles. The fourth-order valence-corrected chi connectivity index (χ4v) is 1.84. The summed E-state index contributed by atoms with van der Waals surface area (Å²) in [5.41, 5.74) is 0.447. The first kappa shape index (κ1) is 12.8. The van der Waals surface area contributed by atoms with Gasteiger partial charge in [0.25, 0.3) is 0 Å². The summed E-state index contributed by atoms with van der Waals surface area (Å²) in [5, 5.41) is 0.925. The molecule has 0 fully saturated rings. The van der Waals surface area contributed by atoms with E-state index in [4.69, 9.17) is 69.6 Å². The van der Waals surface area contributed by atoms with E-state index < -0.39 is 0 Å². The standard InChI is InChI=1S/C8H2Cl6/c9-4-2-1-3(5(10)7(4)12)6(11)8(13)14/h1-2H. The quantitative estimate of drug-likeness (QED) is 0.559. The average Bonchev–Trinajstić information content (AvgIpc) is 2.13. The molecular formula is C8H2Cl6. The normalized spacial score (nSPS) is 10.1. The monoisotopic (exact) mass is 308 g/mol. The Kier molecular flexibility index (Phi) is 4.70. The molecule has 0 bridgehead atoms. The maximum Gasteiger partial charge on any atom is 0.126 e. The predicted octanol–water partition coefficient (Wildman–Crippen LogP) is 5.99. The molecule has 0 saturated heterocycles. The molecule has 0 spiro atoms. The molecule has 6 heteroatoms. The molecule has 0 N–H and O–H groups in total. The molecule has 1 aromatic rings. The Morgan fingerprint density at radius 2 is 1.43 bits per heavy atom. The summed E-state index contributed by atoms with van der Waals surface area (Å²) in [7, 11) is 0. The van der Waals surface area contributed by atoms with E-state index in [9.17, 15) is 0 Å². The zero-order valence-electron chi connectivity index (χ0n) is 6.42. The van der Waals surface area contributed by atoms with Crippen molar-refractivity contribution in [2.45, 2.75) is 0 Å². The van der Waals surface area contributed by atoms with Crippen molar-refractivity contribution in [1.29, 1.82) is 0 Å². The van der Waals surface area contributed by atoms with Crippen LogP contribution in [0, 0.1) is 0 Å². The molecule has 0 saturated carbocycles. The molecule has 0 aliphatic heterocycles. The van der Waals surface area contributed by atoms with Gasteiger partial charge in [-0.3, -0.25) is 0 Å². The molecule has 76 valence electrons. The van der Waals surface area contributed by atoms with Crippen LogP contribution in [0.15, 0.2) is 16.6 Å². The van der Waals surface area contributed by atoms with Gasteiger partial charge in [-0.15, -0.1) is 0 Å². The maximum absolute atomic E-state index is 5.89. The zero-order chi connectivity index (χ0) is 10.9. The first-order valence-corrected chi connectivity index (χ1v) is 5.56. The molecule has 0 radical (unpaired) electrons. The lowest BCUT2D eigenvalue weighted by molar-refractivity contribution is 1.64. The number of hydrogen-bond acceptors (Lipinski definition) is 0. The Morgan fingerprint density at radius 3 is 1.93 bits per heavy atom. The number of hydrogen-bond donors (Lipinski definition) is 0. The Bertz CT molecular complexity index is 391. The van der Waals surface area contributed by atoms with Crippen LogP contribution in [-0.4, -0.2) is 0 Å². The second-order valence-corrected chi connectivity index (χ2v) is 4.79. The van der Waals surface area contributed by atoms with Gasteiger partial charge in [-0.05, 0) is 6.07 Å². The molecular weight excluding hydrogens is 309 g/mol.